The van der Waals surface area contributed by atoms with Crippen LogP contribution in [0, 0.1) is 5.82 Å². The third kappa shape index (κ3) is 4.73. The van der Waals surface area contributed by atoms with E-state index in [0.717, 1.165) is 43.2 Å². The Morgan fingerprint density at radius 3 is 2.46 bits per heavy atom. The molecule has 0 atom stereocenters. The highest BCUT2D eigenvalue weighted by molar-refractivity contribution is 5.78. The number of hydrogen-bond acceptors (Lipinski definition) is 4. The minimum Gasteiger partial charge on any atom is -0.495 e. The van der Waals surface area contributed by atoms with Gasteiger partial charge in [-0.05, 0) is 29.8 Å². The molecule has 0 bridgehead atoms. The zero-order valence-electron chi connectivity index (χ0n) is 15.0. The lowest BCUT2D eigenvalue weighted by Crippen LogP contribution is -2.49. The Bertz CT molecular complexity index is 728. The number of carbonyl (C=O) groups excluding carboxylic acids is 1. The molecule has 1 N–H and O–H groups in total. The Labute approximate surface area is 153 Å². The molecule has 1 heterocycles. The first-order valence-corrected chi connectivity index (χ1v) is 8.77. The number of amides is 1. The maximum Gasteiger partial charge on any atom is 0.234 e. The summed E-state index contributed by atoms with van der Waals surface area (Å²) in [7, 11) is 1.68. The molecule has 26 heavy (non-hydrogen) atoms. The summed E-state index contributed by atoms with van der Waals surface area (Å²) >= 11 is 0. The molecule has 2 aromatic rings. The van der Waals surface area contributed by atoms with Crippen LogP contribution in [0.2, 0.25) is 0 Å². The molecular formula is C20H24FN3O2. The zero-order chi connectivity index (χ0) is 18.4. The van der Waals surface area contributed by atoms with E-state index in [2.05, 4.69) is 21.2 Å². The van der Waals surface area contributed by atoms with Crippen molar-refractivity contribution >= 4 is 11.6 Å². The highest BCUT2D eigenvalue weighted by atomic mass is 19.1. The number of para-hydroxylation sites is 2. The highest BCUT2D eigenvalue weighted by Crippen LogP contribution is 2.28. The molecule has 1 fully saturated rings. The van der Waals surface area contributed by atoms with Crippen LogP contribution in [0.5, 0.6) is 5.75 Å². The molecule has 138 valence electrons. The lowest BCUT2D eigenvalue weighted by molar-refractivity contribution is -0.122. The predicted octanol–water partition coefficient (Wildman–Crippen LogP) is 2.27. The van der Waals surface area contributed by atoms with Crippen molar-refractivity contribution in [3.05, 3.63) is 59.9 Å². The van der Waals surface area contributed by atoms with Gasteiger partial charge in [0.1, 0.15) is 11.6 Å². The summed E-state index contributed by atoms with van der Waals surface area (Å²) in [5, 5.41) is 2.89. The SMILES string of the molecule is COc1ccccc1N1CCN(CC(=O)NCc2ccc(F)cc2)CC1. The zero-order valence-corrected chi connectivity index (χ0v) is 15.0. The fourth-order valence-corrected chi connectivity index (χ4v) is 3.10. The third-order valence-electron chi connectivity index (χ3n) is 4.57. The van der Waals surface area contributed by atoms with Crippen LogP contribution in [0.4, 0.5) is 10.1 Å². The summed E-state index contributed by atoms with van der Waals surface area (Å²) in [6.45, 7) is 4.14. The van der Waals surface area contributed by atoms with Crippen molar-refractivity contribution in [1.82, 2.24) is 10.2 Å². The first-order valence-electron chi connectivity index (χ1n) is 8.77. The van der Waals surface area contributed by atoms with Crippen molar-refractivity contribution in [2.45, 2.75) is 6.54 Å². The number of nitrogens with one attached hydrogen (secondary N) is 1. The van der Waals surface area contributed by atoms with Crippen LogP contribution in [0.3, 0.4) is 0 Å². The number of halogens is 1. The van der Waals surface area contributed by atoms with Gasteiger partial charge in [0.05, 0.1) is 19.3 Å². The summed E-state index contributed by atoms with van der Waals surface area (Å²) in [6, 6.07) is 14.2. The van der Waals surface area contributed by atoms with Gasteiger partial charge in [0.15, 0.2) is 0 Å². The number of nitrogens with zero attached hydrogens (tertiary/aromatic N) is 2. The third-order valence-corrected chi connectivity index (χ3v) is 4.57. The Morgan fingerprint density at radius 1 is 1.08 bits per heavy atom. The van der Waals surface area contributed by atoms with Gasteiger partial charge in [-0.1, -0.05) is 24.3 Å². The van der Waals surface area contributed by atoms with Crippen molar-refractivity contribution in [1.29, 1.82) is 0 Å². The smallest absolute Gasteiger partial charge is 0.234 e. The second kappa shape index (κ2) is 8.67. The monoisotopic (exact) mass is 357 g/mol. The quantitative estimate of drug-likeness (QED) is 0.862. The average molecular weight is 357 g/mol. The maximum absolute atomic E-state index is 12.9. The summed E-state index contributed by atoms with van der Waals surface area (Å²) in [6.07, 6.45) is 0. The minimum atomic E-state index is -0.270. The van der Waals surface area contributed by atoms with Gasteiger partial charge in [0.25, 0.3) is 0 Å². The number of methoxy groups -OCH3 is 1. The normalized spacial score (nSPS) is 14.9. The molecule has 1 amide bonds. The first-order chi connectivity index (χ1) is 12.7. The van der Waals surface area contributed by atoms with E-state index in [-0.39, 0.29) is 11.7 Å². The lowest BCUT2D eigenvalue weighted by Gasteiger charge is -2.36. The van der Waals surface area contributed by atoms with Gasteiger partial charge < -0.3 is 15.0 Å². The Hall–Kier alpha value is -2.60. The van der Waals surface area contributed by atoms with Crippen LogP contribution in [0.25, 0.3) is 0 Å². The number of rotatable bonds is 6. The average Bonchev–Trinajstić information content (AvgIpc) is 2.68. The number of anilines is 1. The molecule has 3 rings (SSSR count). The van der Waals surface area contributed by atoms with E-state index < -0.39 is 0 Å². The molecule has 2 aromatic carbocycles. The molecule has 1 saturated heterocycles. The van der Waals surface area contributed by atoms with Gasteiger partial charge in [-0.2, -0.15) is 0 Å². The minimum absolute atomic E-state index is 0.0138. The number of piperazine rings is 1. The molecular weight excluding hydrogens is 333 g/mol. The fraction of sp³-hybridized carbons (Fsp3) is 0.350. The fourth-order valence-electron chi connectivity index (χ4n) is 3.10. The summed E-state index contributed by atoms with van der Waals surface area (Å²) in [5.41, 5.74) is 1.98. The Morgan fingerprint density at radius 2 is 1.77 bits per heavy atom. The second-order valence-corrected chi connectivity index (χ2v) is 6.34. The largest absolute Gasteiger partial charge is 0.495 e. The molecule has 6 heteroatoms. The van der Waals surface area contributed by atoms with Crippen LogP contribution < -0.4 is 15.0 Å². The predicted molar refractivity (Wildman–Crippen MR) is 99.9 cm³/mol. The van der Waals surface area contributed by atoms with Crippen LogP contribution in [-0.4, -0.2) is 50.6 Å². The van der Waals surface area contributed by atoms with Gasteiger partial charge in [-0.3, -0.25) is 9.69 Å². The number of hydrogen-bond donors (Lipinski definition) is 1. The molecule has 0 aromatic heterocycles. The molecule has 0 saturated carbocycles. The van der Waals surface area contributed by atoms with Gasteiger partial charge in [-0.15, -0.1) is 0 Å². The standard InChI is InChI=1S/C20H24FN3O2/c1-26-19-5-3-2-4-18(19)24-12-10-23(11-13-24)15-20(25)22-14-16-6-8-17(21)9-7-16/h2-9H,10-15H2,1H3,(H,22,25). The molecule has 0 unspecified atom stereocenters. The van der Waals surface area contributed by atoms with Crippen LogP contribution >= 0.6 is 0 Å². The summed E-state index contributed by atoms with van der Waals surface area (Å²) < 4.78 is 18.3. The number of ether oxygens (including phenoxy) is 1. The number of carbonyl (C=O) groups is 1. The lowest BCUT2D eigenvalue weighted by atomic mass is 10.2. The van der Waals surface area contributed by atoms with E-state index in [0.29, 0.717) is 13.1 Å². The summed E-state index contributed by atoms with van der Waals surface area (Å²) in [4.78, 5) is 16.6. The van der Waals surface area contributed by atoms with Crippen molar-refractivity contribution in [3.63, 3.8) is 0 Å². The van der Waals surface area contributed by atoms with Crippen molar-refractivity contribution in [2.75, 3.05) is 44.7 Å². The second-order valence-electron chi connectivity index (χ2n) is 6.34. The Balaban J connectivity index is 1.44. The van der Waals surface area contributed by atoms with Crippen molar-refractivity contribution in [3.8, 4) is 5.75 Å². The molecule has 0 spiro atoms. The van der Waals surface area contributed by atoms with Crippen LogP contribution in [0.15, 0.2) is 48.5 Å². The van der Waals surface area contributed by atoms with E-state index in [1.165, 1.54) is 12.1 Å². The van der Waals surface area contributed by atoms with E-state index in [9.17, 15) is 9.18 Å². The summed E-state index contributed by atoms with van der Waals surface area (Å²) in [5.74, 6) is 0.589. The Kier molecular flexibility index (Phi) is 6.07. The first kappa shape index (κ1) is 18.2. The van der Waals surface area contributed by atoms with E-state index in [4.69, 9.17) is 4.74 Å². The van der Waals surface area contributed by atoms with E-state index >= 15 is 0 Å². The maximum atomic E-state index is 12.9. The van der Waals surface area contributed by atoms with Gasteiger partial charge in [-0.25, -0.2) is 4.39 Å². The van der Waals surface area contributed by atoms with E-state index in [1.807, 2.05) is 18.2 Å². The molecule has 0 aliphatic carbocycles. The van der Waals surface area contributed by atoms with Gasteiger partial charge in [0.2, 0.25) is 5.91 Å². The number of benzene rings is 2. The van der Waals surface area contributed by atoms with Crippen LogP contribution in [-0.2, 0) is 11.3 Å². The molecule has 0 radical (unpaired) electrons. The van der Waals surface area contributed by atoms with Crippen LogP contribution in [0.1, 0.15) is 5.56 Å². The topological polar surface area (TPSA) is 44.8 Å². The molecule has 1 aliphatic rings. The van der Waals surface area contributed by atoms with E-state index in [1.54, 1.807) is 19.2 Å². The van der Waals surface area contributed by atoms with Gasteiger partial charge >= 0.3 is 0 Å². The highest BCUT2D eigenvalue weighted by Gasteiger charge is 2.20. The van der Waals surface area contributed by atoms with Gasteiger partial charge in [0, 0.05) is 32.7 Å². The van der Waals surface area contributed by atoms with Crippen molar-refractivity contribution in [2.24, 2.45) is 0 Å². The molecule has 5 nitrogen and oxygen atoms in total. The van der Waals surface area contributed by atoms with Crippen molar-refractivity contribution < 1.29 is 13.9 Å². The molecule has 1 aliphatic heterocycles.